The van der Waals surface area contributed by atoms with Crippen LogP contribution in [0.3, 0.4) is 0 Å². The Kier molecular flexibility index (Phi) is 12.5. The molecule has 2 aliphatic rings. The first-order chi connectivity index (χ1) is 14.7. The van der Waals surface area contributed by atoms with Crippen LogP contribution in [-0.4, -0.2) is 65.2 Å². The molecule has 0 amide bonds. The molecule has 2 N–H and O–H groups in total. The molecule has 3 rings (SSSR count). The van der Waals surface area contributed by atoms with Gasteiger partial charge in [0.1, 0.15) is 0 Å². The average molecular weight is 566 g/mol. The van der Waals surface area contributed by atoms with Gasteiger partial charge in [-0.1, -0.05) is 23.7 Å². The fourth-order valence-electron chi connectivity index (χ4n) is 4.04. The second-order valence-corrected chi connectivity index (χ2v) is 8.62. The predicted octanol–water partition coefficient (Wildman–Crippen LogP) is 4.00. The van der Waals surface area contributed by atoms with Crippen molar-refractivity contribution in [2.24, 2.45) is 10.9 Å². The van der Waals surface area contributed by atoms with Crippen LogP contribution in [0, 0.1) is 5.92 Å². The molecule has 6 nitrogen and oxygen atoms in total. The minimum atomic E-state index is -0.0298. The third kappa shape index (κ3) is 8.68. The molecule has 0 aliphatic carbocycles. The summed E-state index contributed by atoms with van der Waals surface area (Å²) in [4.78, 5) is 4.93. The van der Waals surface area contributed by atoms with Crippen LogP contribution in [0.5, 0.6) is 0 Å². The minimum absolute atomic E-state index is 0. The summed E-state index contributed by atoms with van der Waals surface area (Å²) in [6.07, 6.45) is 3.98. The second-order valence-electron chi connectivity index (χ2n) is 8.18. The lowest BCUT2D eigenvalue weighted by molar-refractivity contribution is 0.0531. The van der Waals surface area contributed by atoms with Crippen molar-refractivity contribution in [2.75, 3.05) is 59.3 Å². The monoisotopic (exact) mass is 565 g/mol. The van der Waals surface area contributed by atoms with Crippen molar-refractivity contribution < 1.29 is 14.2 Å². The summed E-state index contributed by atoms with van der Waals surface area (Å²) in [7, 11) is 0. The number of ether oxygens (including phenoxy) is 3. The number of hydrogen-bond donors (Lipinski definition) is 2. The topological polar surface area (TPSA) is 64.1 Å². The van der Waals surface area contributed by atoms with Gasteiger partial charge >= 0.3 is 0 Å². The highest BCUT2D eigenvalue weighted by atomic mass is 127. The predicted molar refractivity (Wildman–Crippen MR) is 137 cm³/mol. The van der Waals surface area contributed by atoms with E-state index in [2.05, 4.69) is 29.7 Å². The molecule has 0 spiro atoms. The van der Waals surface area contributed by atoms with Gasteiger partial charge in [0.2, 0.25) is 0 Å². The maximum atomic E-state index is 6.28. The van der Waals surface area contributed by atoms with Crippen LogP contribution in [0.15, 0.2) is 29.3 Å². The van der Waals surface area contributed by atoms with Crippen LogP contribution < -0.4 is 10.6 Å². The van der Waals surface area contributed by atoms with Crippen molar-refractivity contribution in [3.8, 4) is 0 Å². The van der Waals surface area contributed by atoms with Gasteiger partial charge in [-0.05, 0) is 50.3 Å². The fourth-order valence-corrected chi connectivity index (χ4v) is 4.23. The lowest BCUT2D eigenvalue weighted by Crippen LogP contribution is -2.41. The molecule has 2 aliphatic heterocycles. The van der Waals surface area contributed by atoms with Crippen molar-refractivity contribution >= 4 is 41.5 Å². The minimum Gasteiger partial charge on any atom is -0.381 e. The van der Waals surface area contributed by atoms with Gasteiger partial charge in [-0.15, -0.1) is 24.0 Å². The van der Waals surface area contributed by atoms with Gasteiger partial charge < -0.3 is 24.8 Å². The molecule has 1 unspecified atom stereocenters. The summed E-state index contributed by atoms with van der Waals surface area (Å²) in [5.41, 5.74) is 1.22. The summed E-state index contributed by atoms with van der Waals surface area (Å²) in [6.45, 7) is 9.26. The molecule has 1 aromatic rings. The first-order valence-corrected chi connectivity index (χ1v) is 11.6. The number of rotatable bonds is 10. The number of aliphatic imine (C=N–C) groups is 1. The number of nitrogens with zero attached hydrogens (tertiary/aromatic N) is 1. The van der Waals surface area contributed by atoms with E-state index in [-0.39, 0.29) is 29.4 Å². The second kappa shape index (κ2) is 14.5. The molecule has 0 aromatic heterocycles. The lowest BCUT2D eigenvalue weighted by atomic mass is 9.74. The van der Waals surface area contributed by atoms with Crippen LogP contribution in [0.1, 0.15) is 38.2 Å². The molecule has 8 heteroatoms. The Balaban J connectivity index is 0.00000341. The van der Waals surface area contributed by atoms with E-state index < -0.39 is 0 Å². The Morgan fingerprint density at radius 1 is 1.23 bits per heavy atom. The molecule has 2 heterocycles. The molecule has 31 heavy (non-hydrogen) atoms. The van der Waals surface area contributed by atoms with Crippen LogP contribution in [0.4, 0.5) is 0 Å². The normalized spacial score (nSPS) is 20.8. The molecular weight excluding hydrogens is 529 g/mol. The zero-order valence-electron chi connectivity index (χ0n) is 18.5. The van der Waals surface area contributed by atoms with E-state index in [1.54, 1.807) is 0 Å². The fraction of sp³-hybridized carbons (Fsp3) is 0.696. The maximum Gasteiger partial charge on any atom is 0.191 e. The van der Waals surface area contributed by atoms with Gasteiger partial charge in [0.05, 0.1) is 19.8 Å². The zero-order chi connectivity index (χ0) is 21.1. The average Bonchev–Trinajstić information content (AvgIpc) is 3.28. The molecule has 2 saturated heterocycles. The molecule has 0 radical (unpaired) electrons. The van der Waals surface area contributed by atoms with E-state index in [1.807, 2.05) is 12.1 Å². The van der Waals surface area contributed by atoms with Crippen LogP contribution in [-0.2, 0) is 19.6 Å². The zero-order valence-corrected chi connectivity index (χ0v) is 21.6. The third-order valence-electron chi connectivity index (χ3n) is 5.91. The summed E-state index contributed by atoms with van der Waals surface area (Å²) < 4.78 is 16.8. The molecule has 1 aromatic carbocycles. The number of nitrogens with one attached hydrogen (secondary N) is 2. The Bertz CT molecular complexity index is 665. The van der Waals surface area contributed by atoms with E-state index in [4.69, 9.17) is 30.8 Å². The van der Waals surface area contributed by atoms with Crippen LogP contribution in [0.2, 0.25) is 5.02 Å². The number of halogens is 2. The molecular formula is C23H37ClIN3O3. The van der Waals surface area contributed by atoms with E-state index in [0.29, 0.717) is 12.5 Å². The molecule has 0 bridgehead atoms. The largest absolute Gasteiger partial charge is 0.381 e. The molecule has 176 valence electrons. The molecule has 0 saturated carbocycles. The summed E-state index contributed by atoms with van der Waals surface area (Å²) in [6, 6.07) is 8.20. The quantitative estimate of drug-likeness (QED) is 0.194. The lowest BCUT2D eigenvalue weighted by Gasteiger charge is -2.36. The van der Waals surface area contributed by atoms with Crippen molar-refractivity contribution in [1.82, 2.24) is 10.6 Å². The van der Waals surface area contributed by atoms with Crippen molar-refractivity contribution in [2.45, 2.75) is 38.0 Å². The highest BCUT2D eigenvalue weighted by Gasteiger charge is 2.34. The standard InChI is InChI=1S/C23H36ClN3O3.HI/c1-2-25-22(26-10-4-11-29-16-19-7-12-30-17-19)27-18-23(8-13-28-14-9-23)20-5-3-6-21(24)15-20;/h3,5-6,15,19H,2,4,7-14,16-18H2,1H3,(H2,25,26,27);1H. The van der Waals surface area contributed by atoms with Gasteiger partial charge in [0, 0.05) is 55.9 Å². The smallest absolute Gasteiger partial charge is 0.191 e. The number of benzene rings is 1. The Labute approximate surface area is 208 Å². The highest BCUT2D eigenvalue weighted by Crippen LogP contribution is 2.36. The number of hydrogen-bond acceptors (Lipinski definition) is 4. The summed E-state index contributed by atoms with van der Waals surface area (Å²) >= 11 is 6.28. The van der Waals surface area contributed by atoms with Crippen molar-refractivity contribution in [3.05, 3.63) is 34.9 Å². The van der Waals surface area contributed by atoms with Crippen LogP contribution in [0.25, 0.3) is 0 Å². The van der Waals surface area contributed by atoms with Gasteiger partial charge in [0.25, 0.3) is 0 Å². The maximum absolute atomic E-state index is 6.28. The summed E-state index contributed by atoms with van der Waals surface area (Å²) in [5.74, 6) is 1.42. The van der Waals surface area contributed by atoms with E-state index in [9.17, 15) is 0 Å². The van der Waals surface area contributed by atoms with Gasteiger partial charge in [-0.25, -0.2) is 0 Å². The van der Waals surface area contributed by atoms with Crippen molar-refractivity contribution in [1.29, 1.82) is 0 Å². The first-order valence-electron chi connectivity index (χ1n) is 11.2. The van der Waals surface area contributed by atoms with Gasteiger partial charge in [-0.2, -0.15) is 0 Å². The molecule has 2 fully saturated rings. The van der Waals surface area contributed by atoms with E-state index in [1.165, 1.54) is 5.56 Å². The Morgan fingerprint density at radius 2 is 2.06 bits per heavy atom. The summed E-state index contributed by atoms with van der Waals surface area (Å²) in [5, 5.41) is 7.58. The highest BCUT2D eigenvalue weighted by molar-refractivity contribution is 14.0. The SMILES string of the molecule is CCNC(=NCC1(c2cccc(Cl)c2)CCOCC1)NCCCOCC1CCOC1.I. The van der Waals surface area contributed by atoms with Crippen LogP contribution >= 0.6 is 35.6 Å². The van der Waals surface area contributed by atoms with E-state index >= 15 is 0 Å². The Hall–Kier alpha value is -0.610. The van der Waals surface area contributed by atoms with Gasteiger partial charge in [-0.3, -0.25) is 4.99 Å². The number of guanidine groups is 1. The van der Waals surface area contributed by atoms with Gasteiger partial charge in [0.15, 0.2) is 5.96 Å². The van der Waals surface area contributed by atoms with Crippen molar-refractivity contribution in [3.63, 3.8) is 0 Å². The Morgan fingerprint density at radius 3 is 2.77 bits per heavy atom. The van der Waals surface area contributed by atoms with E-state index in [0.717, 1.165) is 89.4 Å². The molecule has 1 atom stereocenters. The third-order valence-corrected chi connectivity index (χ3v) is 6.14. The first kappa shape index (κ1) is 26.6.